The van der Waals surface area contributed by atoms with Crippen molar-refractivity contribution in [3.05, 3.63) is 69.9 Å². The van der Waals surface area contributed by atoms with E-state index in [0.29, 0.717) is 45.9 Å². The van der Waals surface area contributed by atoms with Crippen LogP contribution in [0.2, 0.25) is 5.02 Å². The second kappa shape index (κ2) is 11.1. The number of unbranched alkanes of at least 4 members (excludes halogenated alkanes) is 1. The minimum Gasteiger partial charge on any atom is -0.493 e. The van der Waals surface area contributed by atoms with Gasteiger partial charge in [-0.3, -0.25) is 9.59 Å². The molecule has 2 heterocycles. The number of likely N-dealkylation sites (tertiary alicyclic amines) is 1. The first kappa shape index (κ1) is 24.8. The van der Waals surface area contributed by atoms with Gasteiger partial charge in [0, 0.05) is 29.7 Å². The van der Waals surface area contributed by atoms with Crippen LogP contribution >= 0.6 is 11.6 Å². The Bertz CT molecular complexity index is 1170. The molecule has 0 radical (unpaired) electrons. The smallest absolute Gasteiger partial charge is 0.251 e. The second-order valence-corrected chi connectivity index (χ2v) is 10.4. The molecule has 2 aromatic carbocycles. The van der Waals surface area contributed by atoms with Crippen LogP contribution in [0.15, 0.2) is 53.8 Å². The van der Waals surface area contributed by atoms with Gasteiger partial charge in [0.2, 0.25) is 5.78 Å². The van der Waals surface area contributed by atoms with Crippen molar-refractivity contribution < 1.29 is 19.1 Å². The van der Waals surface area contributed by atoms with Crippen LogP contribution in [0.3, 0.4) is 0 Å². The van der Waals surface area contributed by atoms with E-state index in [-0.39, 0.29) is 17.7 Å². The van der Waals surface area contributed by atoms with Crippen molar-refractivity contribution in [2.24, 2.45) is 5.92 Å². The molecule has 1 saturated heterocycles. The first-order valence-electron chi connectivity index (χ1n) is 13.0. The summed E-state index contributed by atoms with van der Waals surface area (Å²) in [7, 11) is 0. The van der Waals surface area contributed by atoms with Gasteiger partial charge >= 0.3 is 0 Å². The lowest BCUT2D eigenvalue weighted by Crippen LogP contribution is -2.44. The van der Waals surface area contributed by atoms with Crippen LogP contribution in [0.25, 0.3) is 0 Å². The summed E-state index contributed by atoms with van der Waals surface area (Å²) in [6.07, 6.45) is 6.09. The van der Waals surface area contributed by atoms with E-state index in [1.165, 1.54) is 0 Å². The van der Waals surface area contributed by atoms with E-state index >= 15 is 0 Å². The summed E-state index contributed by atoms with van der Waals surface area (Å²) in [5.41, 5.74) is 2.23. The molecule has 1 aliphatic carbocycles. The van der Waals surface area contributed by atoms with Crippen LogP contribution in [0.4, 0.5) is 0 Å². The van der Waals surface area contributed by atoms with Crippen LogP contribution in [0.5, 0.6) is 11.5 Å². The average molecular weight is 509 g/mol. The largest absolute Gasteiger partial charge is 0.493 e. The molecule has 0 bridgehead atoms. The molecule has 2 aliphatic heterocycles. The van der Waals surface area contributed by atoms with Crippen molar-refractivity contribution in [1.29, 1.82) is 0 Å². The van der Waals surface area contributed by atoms with Gasteiger partial charge in [0.25, 0.3) is 5.91 Å². The highest BCUT2D eigenvalue weighted by atomic mass is 35.5. The Morgan fingerprint density at radius 1 is 1.11 bits per heavy atom. The Kier molecular flexibility index (Phi) is 7.63. The van der Waals surface area contributed by atoms with Crippen molar-refractivity contribution in [3.63, 3.8) is 0 Å². The number of rotatable bonds is 9. The van der Waals surface area contributed by atoms with Crippen LogP contribution in [-0.4, -0.2) is 48.9 Å². The number of amides is 1. The number of carbonyl (C=O) groups is 2. The van der Waals surface area contributed by atoms with Crippen LogP contribution < -0.4 is 14.8 Å². The number of piperidine rings is 1. The molecular formula is C29H33ClN2O4. The molecule has 1 saturated carbocycles. The van der Waals surface area contributed by atoms with E-state index in [4.69, 9.17) is 21.1 Å². The number of nitrogens with zero attached hydrogens (tertiary/aromatic N) is 1. The molecule has 3 aliphatic rings. The Morgan fingerprint density at radius 3 is 2.64 bits per heavy atom. The molecule has 1 N–H and O–H groups in total. The zero-order chi connectivity index (χ0) is 25.1. The Balaban J connectivity index is 1.02. The highest BCUT2D eigenvalue weighted by molar-refractivity contribution is 6.31. The molecule has 7 heteroatoms. The molecule has 1 amide bonds. The first-order valence-corrected chi connectivity index (χ1v) is 13.4. The third-order valence-corrected chi connectivity index (χ3v) is 7.55. The van der Waals surface area contributed by atoms with E-state index in [0.717, 1.165) is 63.7 Å². The van der Waals surface area contributed by atoms with E-state index in [1.54, 1.807) is 24.3 Å². The van der Waals surface area contributed by atoms with E-state index in [1.807, 2.05) is 25.1 Å². The maximum absolute atomic E-state index is 13.0. The zero-order valence-corrected chi connectivity index (χ0v) is 21.5. The summed E-state index contributed by atoms with van der Waals surface area (Å²) in [5.74, 6) is 2.11. The molecule has 0 aromatic heterocycles. The number of hydrogen-bond donors (Lipinski definition) is 1. The first-order chi connectivity index (χ1) is 17.5. The minimum atomic E-state index is -0.0605. The van der Waals surface area contributed by atoms with Gasteiger partial charge in [-0.2, -0.15) is 0 Å². The molecule has 0 unspecified atom stereocenters. The number of allylic oxidation sites excluding steroid dienone is 2. The maximum atomic E-state index is 13.0. The molecule has 0 spiro atoms. The minimum absolute atomic E-state index is 0.0460. The number of hydrogen-bond acceptors (Lipinski definition) is 5. The van der Waals surface area contributed by atoms with Gasteiger partial charge in [-0.05, 0) is 93.8 Å². The highest BCUT2D eigenvalue weighted by Gasteiger charge is 2.36. The van der Waals surface area contributed by atoms with E-state index in [9.17, 15) is 9.59 Å². The van der Waals surface area contributed by atoms with Gasteiger partial charge in [-0.15, -0.1) is 0 Å². The number of benzene rings is 2. The van der Waals surface area contributed by atoms with Crippen molar-refractivity contribution in [2.75, 3.05) is 26.2 Å². The van der Waals surface area contributed by atoms with Crippen molar-refractivity contribution in [1.82, 2.24) is 10.2 Å². The lowest BCUT2D eigenvalue weighted by molar-refractivity contribution is 0.0909. The molecule has 2 fully saturated rings. The third-order valence-electron chi connectivity index (χ3n) is 7.32. The number of nitrogens with one attached hydrogen (secondary N) is 1. The number of ether oxygens (including phenoxy) is 2. The van der Waals surface area contributed by atoms with Gasteiger partial charge in [-0.25, -0.2) is 0 Å². The van der Waals surface area contributed by atoms with Gasteiger partial charge in [0.15, 0.2) is 5.76 Å². The van der Waals surface area contributed by atoms with E-state index < -0.39 is 0 Å². The maximum Gasteiger partial charge on any atom is 0.251 e. The van der Waals surface area contributed by atoms with Gasteiger partial charge in [-0.1, -0.05) is 23.7 Å². The summed E-state index contributed by atoms with van der Waals surface area (Å²) in [6, 6.07) is 12.8. The van der Waals surface area contributed by atoms with Crippen molar-refractivity contribution in [3.8, 4) is 11.5 Å². The summed E-state index contributed by atoms with van der Waals surface area (Å²) in [4.78, 5) is 27.9. The molecular weight excluding hydrogens is 476 g/mol. The molecule has 6 nitrogen and oxygen atoms in total. The Labute approximate surface area is 217 Å². The van der Waals surface area contributed by atoms with Crippen molar-refractivity contribution in [2.45, 2.75) is 51.5 Å². The summed E-state index contributed by atoms with van der Waals surface area (Å²) < 4.78 is 11.9. The fraction of sp³-hybridized carbons (Fsp3) is 0.448. The molecule has 2 aromatic rings. The Morgan fingerprint density at radius 2 is 1.89 bits per heavy atom. The lowest BCUT2D eigenvalue weighted by Gasteiger charge is -2.32. The molecule has 190 valence electrons. The fourth-order valence-electron chi connectivity index (χ4n) is 4.99. The predicted molar refractivity (Wildman–Crippen MR) is 140 cm³/mol. The van der Waals surface area contributed by atoms with Crippen LogP contribution in [-0.2, 0) is 0 Å². The third kappa shape index (κ3) is 5.76. The average Bonchev–Trinajstić information content (AvgIpc) is 3.68. The van der Waals surface area contributed by atoms with Gasteiger partial charge in [0.05, 0.1) is 6.61 Å². The topological polar surface area (TPSA) is 67.9 Å². The summed E-state index contributed by atoms with van der Waals surface area (Å²) >= 11 is 6.00. The van der Waals surface area contributed by atoms with Gasteiger partial charge in [0.1, 0.15) is 17.1 Å². The van der Waals surface area contributed by atoms with Crippen LogP contribution in [0.1, 0.15) is 66.2 Å². The Hall–Kier alpha value is -2.83. The summed E-state index contributed by atoms with van der Waals surface area (Å²) in [5, 5.41) is 3.71. The zero-order valence-electron chi connectivity index (χ0n) is 20.7. The molecule has 0 atom stereocenters. The van der Waals surface area contributed by atoms with Crippen LogP contribution in [0, 0.1) is 5.92 Å². The highest BCUT2D eigenvalue weighted by Crippen LogP contribution is 2.43. The second-order valence-electron chi connectivity index (χ2n) is 10.0. The number of halogens is 1. The number of ketones is 1. The number of Topliss-reactive ketones (excluding diaryl/α,β-unsaturated/α-hetero) is 1. The lowest BCUT2D eigenvalue weighted by atomic mass is 10.0. The normalized spacial score (nSPS) is 19.6. The quantitative estimate of drug-likeness (QED) is 0.350. The fourth-order valence-corrected chi connectivity index (χ4v) is 5.18. The SMILES string of the molecule is CC(=C1Oc2cccc(OCCCCN3CCC(NC(=O)c4cccc(Cl)c4)CC3)c2C1=O)C1CC1. The molecule has 36 heavy (non-hydrogen) atoms. The number of fused-ring (bicyclic) bond motifs is 1. The van der Waals surface area contributed by atoms with Crippen molar-refractivity contribution >= 4 is 23.3 Å². The monoisotopic (exact) mass is 508 g/mol. The van der Waals surface area contributed by atoms with Gasteiger partial charge < -0.3 is 19.7 Å². The standard InChI is InChI=1S/C29H33ClN2O4/c1-19(20-10-11-20)28-27(33)26-24(8-5-9-25(26)36-28)35-17-3-2-14-32-15-12-23(13-16-32)31-29(34)21-6-4-7-22(30)18-21/h4-9,18,20,23H,2-3,10-17H2,1H3,(H,31,34). The molecule has 5 rings (SSSR count). The van der Waals surface area contributed by atoms with E-state index in [2.05, 4.69) is 10.2 Å². The number of carbonyl (C=O) groups excluding carboxylic acids is 2. The summed E-state index contributed by atoms with van der Waals surface area (Å²) in [6.45, 7) is 5.51. The predicted octanol–water partition coefficient (Wildman–Crippen LogP) is 5.65.